The molecule has 2 N–H and O–H groups in total. The van der Waals surface area contributed by atoms with Crippen molar-refractivity contribution in [3.8, 4) is 0 Å². The van der Waals surface area contributed by atoms with E-state index in [0.717, 1.165) is 18.1 Å². The summed E-state index contributed by atoms with van der Waals surface area (Å²) in [6.45, 7) is 5.28. The summed E-state index contributed by atoms with van der Waals surface area (Å²) in [5, 5.41) is 0.879. The maximum atomic E-state index is 6.38. The summed E-state index contributed by atoms with van der Waals surface area (Å²) < 4.78 is 0. The van der Waals surface area contributed by atoms with Crippen LogP contribution >= 0.6 is 11.6 Å². The Balaban J connectivity index is 2.30. The molecule has 1 aromatic rings. The summed E-state index contributed by atoms with van der Waals surface area (Å²) in [6.07, 6.45) is 3.65. The number of rotatable bonds is 4. The lowest BCUT2D eigenvalue weighted by Crippen LogP contribution is -2.42. The van der Waals surface area contributed by atoms with Crippen LogP contribution < -0.4 is 5.73 Å². The molecule has 0 radical (unpaired) electrons. The fraction of sp³-hybridized carbons (Fsp3) is 0.600. The summed E-state index contributed by atoms with van der Waals surface area (Å²) >= 11 is 6.38. The zero-order chi connectivity index (χ0) is 13.0. The molecule has 1 aliphatic rings. The van der Waals surface area contributed by atoms with Gasteiger partial charge >= 0.3 is 0 Å². The number of halogens is 1. The molecule has 100 valence electrons. The summed E-state index contributed by atoms with van der Waals surface area (Å²) in [6, 6.07) is 8.62. The largest absolute Gasteiger partial charge is 0.330 e. The van der Waals surface area contributed by atoms with Gasteiger partial charge in [0.15, 0.2) is 0 Å². The van der Waals surface area contributed by atoms with E-state index >= 15 is 0 Å². The first kappa shape index (κ1) is 13.9. The molecule has 1 fully saturated rings. The minimum absolute atomic E-state index is 0.400. The molecular weight excluding hydrogens is 244 g/mol. The Hall–Kier alpha value is -0.570. The van der Waals surface area contributed by atoms with Gasteiger partial charge in [0.1, 0.15) is 0 Å². The highest BCUT2D eigenvalue weighted by Crippen LogP contribution is 2.38. The predicted molar refractivity (Wildman–Crippen MR) is 77.8 cm³/mol. The Labute approximate surface area is 115 Å². The molecule has 0 aliphatic carbocycles. The van der Waals surface area contributed by atoms with Crippen molar-refractivity contribution in [2.45, 2.75) is 32.2 Å². The van der Waals surface area contributed by atoms with Crippen molar-refractivity contribution in [2.75, 3.05) is 19.6 Å². The van der Waals surface area contributed by atoms with Gasteiger partial charge in [0.05, 0.1) is 0 Å². The number of nitrogens with zero attached hydrogens (tertiary/aromatic N) is 1. The normalized spacial score (nSPS) is 25.3. The first-order valence-electron chi connectivity index (χ1n) is 6.96. The molecule has 2 nitrogen and oxygen atoms in total. The maximum absolute atomic E-state index is 6.38. The van der Waals surface area contributed by atoms with Crippen molar-refractivity contribution in [3.63, 3.8) is 0 Å². The van der Waals surface area contributed by atoms with Crippen LogP contribution in [-0.4, -0.2) is 24.5 Å². The zero-order valence-electron chi connectivity index (χ0n) is 11.1. The van der Waals surface area contributed by atoms with Crippen molar-refractivity contribution >= 4 is 11.6 Å². The molecule has 0 spiro atoms. The molecule has 3 heteroatoms. The summed E-state index contributed by atoms with van der Waals surface area (Å²) in [5.74, 6) is 0.533. The van der Waals surface area contributed by atoms with Gasteiger partial charge in [-0.2, -0.15) is 0 Å². The van der Waals surface area contributed by atoms with E-state index in [4.69, 9.17) is 17.3 Å². The van der Waals surface area contributed by atoms with E-state index in [9.17, 15) is 0 Å². The van der Waals surface area contributed by atoms with Crippen LogP contribution in [0.4, 0.5) is 0 Å². The van der Waals surface area contributed by atoms with E-state index in [1.165, 1.54) is 31.4 Å². The molecule has 2 rings (SSSR count). The second-order valence-corrected chi connectivity index (χ2v) is 5.55. The molecule has 18 heavy (non-hydrogen) atoms. The molecule has 1 aromatic carbocycles. The van der Waals surface area contributed by atoms with Crippen LogP contribution in [0.5, 0.6) is 0 Å². The zero-order valence-corrected chi connectivity index (χ0v) is 11.9. The second-order valence-electron chi connectivity index (χ2n) is 5.14. The van der Waals surface area contributed by atoms with Gasteiger partial charge < -0.3 is 5.73 Å². The van der Waals surface area contributed by atoms with Crippen LogP contribution in [0.3, 0.4) is 0 Å². The fourth-order valence-corrected chi connectivity index (χ4v) is 3.35. The maximum Gasteiger partial charge on any atom is 0.0453 e. The Bertz CT molecular complexity index is 379. The highest BCUT2D eigenvalue weighted by atomic mass is 35.5. The van der Waals surface area contributed by atoms with Crippen LogP contribution in [0.25, 0.3) is 0 Å². The fourth-order valence-electron chi connectivity index (χ4n) is 3.10. The van der Waals surface area contributed by atoms with Gasteiger partial charge in [-0.1, -0.05) is 36.7 Å². The molecule has 0 bridgehead atoms. The van der Waals surface area contributed by atoms with Gasteiger partial charge in [-0.3, -0.25) is 4.90 Å². The Morgan fingerprint density at radius 1 is 1.39 bits per heavy atom. The Kier molecular flexibility index (Phi) is 5.04. The smallest absolute Gasteiger partial charge is 0.0453 e. The molecular formula is C15H23ClN2. The van der Waals surface area contributed by atoms with Crippen LogP contribution in [0.1, 0.15) is 37.8 Å². The van der Waals surface area contributed by atoms with Crippen LogP contribution in [0.15, 0.2) is 24.3 Å². The SMILES string of the molecule is CCCN1CCCC(CN)C1c1ccccc1Cl. The topological polar surface area (TPSA) is 29.3 Å². The third-order valence-corrected chi connectivity index (χ3v) is 4.24. The Morgan fingerprint density at radius 2 is 2.17 bits per heavy atom. The number of benzene rings is 1. The highest BCUT2D eigenvalue weighted by molar-refractivity contribution is 6.31. The van der Waals surface area contributed by atoms with Gasteiger partial charge in [-0.05, 0) is 56.4 Å². The lowest BCUT2D eigenvalue weighted by atomic mass is 9.84. The molecule has 2 unspecified atom stereocenters. The number of nitrogens with two attached hydrogens (primary N) is 1. The van der Waals surface area contributed by atoms with Crippen molar-refractivity contribution < 1.29 is 0 Å². The summed E-state index contributed by atoms with van der Waals surface area (Å²) in [4.78, 5) is 2.56. The standard InChI is InChI=1S/C15H23ClN2/c1-2-9-18-10-5-6-12(11-17)15(18)13-7-3-4-8-14(13)16/h3-4,7-8,12,15H,2,5-6,9-11,17H2,1H3. The van der Waals surface area contributed by atoms with Crippen LogP contribution in [0, 0.1) is 5.92 Å². The molecule has 1 heterocycles. The van der Waals surface area contributed by atoms with Gasteiger partial charge in [0.2, 0.25) is 0 Å². The van der Waals surface area contributed by atoms with E-state index in [-0.39, 0.29) is 0 Å². The predicted octanol–water partition coefficient (Wildman–Crippen LogP) is 3.46. The first-order valence-corrected chi connectivity index (χ1v) is 7.34. The van der Waals surface area contributed by atoms with Gasteiger partial charge in [-0.25, -0.2) is 0 Å². The van der Waals surface area contributed by atoms with Crippen molar-refractivity contribution in [1.29, 1.82) is 0 Å². The first-order chi connectivity index (χ1) is 8.77. The molecule has 1 aliphatic heterocycles. The van der Waals surface area contributed by atoms with Crippen molar-refractivity contribution in [2.24, 2.45) is 11.7 Å². The number of likely N-dealkylation sites (tertiary alicyclic amines) is 1. The van der Waals surface area contributed by atoms with Crippen LogP contribution in [-0.2, 0) is 0 Å². The lowest BCUT2D eigenvalue weighted by molar-refractivity contribution is 0.0961. The number of hydrogen-bond donors (Lipinski definition) is 1. The average Bonchev–Trinajstić information content (AvgIpc) is 2.40. The van der Waals surface area contributed by atoms with E-state index < -0.39 is 0 Å². The van der Waals surface area contributed by atoms with Crippen molar-refractivity contribution in [1.82, 2.24) is 4.90 Å². The molecule has 0 saturated carbocycles. The Morgan fingerprint density at radius 3 is 2.83 bits per heavy atom. The number of hydrogen-bond acceptors (Lipinski definition) is 2. The minimum atomic E-state index is 0.400. The molecule has 0 aromatic heterocycles. The van der Waals surface area contributed by atoms with Gasteiger partial charge in [-0.15, -0.1) is 0 Å². The third-order valence-electron chi connectivity index (χ3n) is 3.90. The summed E-state index contributed by atoms with van der Waals surface area (Å²) in [7, 11) is 0. The summed E-state index contributed by atoms with van der Waals surface area (Å²) in [5.41, 5.74) is 7.22. The van der Waals surface area contributed by atoms with E-state index in [1.807, 2.05) is 12.1 Å². The van der Waals surface area contributed by atoms with E-state index in [2.05, 4.69) is 24.0 Å². The van der Waals surface area contributed by atoms with Gasteiger partial charge in [0.25, 0.3) is 0 Å². The quantitative estimate of drug-likeness (QED) is 0.904. The minimum Gasteiger partial charge on any atom is -0.330 e. The number of piperidine rings is 1. The third kappa shape index (κ3) is 2.87. The average molecular weight is 267 g/mol. The second kappa shape index (κ2) is 6.55. The molecule has 0 amide bonds. The monoisotopic (exact) mass is 266 g/mol. The van der Waals surface area contributed by atoms with Crippen LogP contribution in [0.2, 0.25) is 5.02 Å². The molecule has 1 saturated heterocycles. The van der Waals surface area contributed by atoms with E-state index in [0.29, 0.717) is 12.0 Å². The van der Waals surface area contributed by atoms with Crippen molar-refractivity contribution in [3.05, 3.63) is 34.9 Å². The highest BCUT2D eigenvalue weighted by Gasteiger charge is 2.32. The van der Waals surface area contributed by atoms with Gasteiger partial charge in [0, 0.05) is 11.1 Å². The lowest BCUT2D eigenvalue weighted by Gasteiger charge is -2.41. The van der Waals surface area contributed by atoms with E-state index in [1.54, 1.807) is 0 Å². The molecule has 2 atom stereocenters.